The van der Waals surface area contributed by atoms with Crippen LogP contribution in [0.5, 0.6) is 0 Å². The lowest BCUT2D eigenvalue weighted by Crippen LogP contribution is -2.67. The Labute approximate surface area is 165 Å². The number of fused-ring (bicyclic) bond motifs is 3. The molecular formula is C20H16ClFN2O4. The zero-order valence-corrected chi connectivity index (χ0v) is 15.7. The number of carbonyl (C=O) groups is 3. The van der Waals surface area contributed by atoms with Gasteiger partial charge in [-0.05, 0) is 24.3 Å². The van der Waals surface area contributed by atoms with Crippen LogP contribution in [0.25, 0.3) is 0 Å². The quantitative estimate of drug-likeness (QED) is 0.740. The lowest BCUT2D eigenvalue weighted by Gasteiger charge is -2.46. The Morgan fingerprint density at radius 1 is 1.21 bits per heavy atom. The molecule has 1 fully saturated rings. The van der Waals surface area contributed by atoms with Crippen molar-refractivity contribution < 1.29 is 23.5 Å². The summed E-state index contributed by atoms with van der Waals surface area (Å²) in [5, 5.41) is 0.128. The molecule has 4 rings (SSSR count). The average Bonchev–Trinajstić information content (AvgIpc) is 3.04. The monoisotopic (exact) mass is 402 g/mol. The van der Waals surface area contributed by atoms with Gasteiger partial charge < -0.3 is 9.64 Å². The van der Waals surface area contributed by atoms with E-state index in [1.165, 1.54) is 35.0 Å². The number of hydrogen-bond donors (Lipinski definition) is 0. The Balaban J connectivity index is 1.72. The van der Waals surface area contributed by atoms with Gasteiger partial charge in [0.25, 0.3) is 5.91 Å². The molecule has 0 saturated carbocycles. The standard InChI is InChI=1S/C20H16ClFN2O4/c1-23-18(26)12-5-2-3-8-16(12)24-17(25)9-10-20(23,24)19(27)28-11-13-14(21)6-4-7-15(13)22/h2-8H,9-11H2,1H3/t20-/m0/s1. The summed E-state index contributed by atoms with van der Waals surface area (Å²) in [5.41, 5.74) is -0.856. The number of carbonyl (C=O) groups excluding carboxylic acids is 3. The number of ether oxygens (including phenoxy) is 1. The van der Waals surface area contributed by atoms with E-state index in [4.69, 9.17) is 16.3 Å². The van der Waals surface area contributed by atoms with Gasteiger partial charge in [-0.15, -0.1) is 0 Å². The summed E-state index contributed by atoms with van der Waals surface area (Å²) in [5.74, 6) is -2.08. The van der Waals surface area contributed by atoms with Gasteiger partial charge in [0.1, 0.15) is 12.4 Å². The van der Waals surface area contributed by atoms with Crippen LogP contribution in [-0.4, -0.2) is 35.4 Å². The van der Waals surface area contributed by atoms with Gasteiger partial charge in [0.05, 0.1) is 16.3 Å². The van der Waals surface area contributed by atoms with Gasteiger partial charge in [-0.25, -0.2) is 9.18 Å². The number of hydrogen-bond acceptors (Lipinski definition) is 4. The number of rotatable bonds is 3. The first-order chi connectivity index (χ1) is 13.4. The summed E-state index contributed by atoms with van der Waals surface area (Å²) in [7, 11) is 1.46. The predicted molar refractivity (Wildman–Crippen MR) is 99.2 cm³/mol. The highest BCUT2D eigenvalue weighted by molar-refractivity contribution is 6.31. The minimum atomic E-state index is -1.60. The number of amides is 2. The van der Waals surface area contributed by atoms with E-state index >= 15 is 0 Å². The maximum absolute atomic E-state index is 14.0. The molecule has 1 atom stereocenters. The third-order valence-corrected chi connectivity index (χ3v) is 5.63. The fraction of sp³-hybridized carbons (Fsp3) is 0.250. The average molecular weight is 403 g/mol. The lowest BCUT2D eigenvalue weighted by molar-refractivity contribution is -0.157. The molecule has 2 aromatic carbocycles. The molecule has 0 radical (unpaired) electrons. The molecule has 2 aliphatic rings. The molecule has 1 saturated heterocycles. The molecule has 0 aromatic heterocycles. The first-order valence-corrected chi connectivity index (χ1v) is 9.06. The third-order valence-electron chi connectivity index (χ3n) is 5.28. The van der Waals surface area contributed by atoms with Crippen LogP contribution in [0.2, 0.25) is 5.02 Å². The molecular weight excluding hydrogens is 387 g/mol. The van der Waals surface area contributed by atoms with Crippen LogP contribution < -0.4 is 4.90 Å². The molecule has 2 aromatic rings. The van der Waals surface area contributed by atoms with E-state index < -0.39 is 24.1 Å². The van der Waals surface area contributed by atoms with Crippen molar-refractivity contribution in [2.75, 3.05) is 11.9 Å². The van der Waals surface area contributed by atoms with Gasteiger partial charge in [0.15, 0.2) is 0 Å². The van der Waals surface area contributed by atoms with E-state index in [1.54, 1.807) is 24.3 Å². The van der Waals surface area contributed by atoms with Crippen molar-refractivity contribution in [2.45, 2.75) is 25.1 Å². The molecule has 2 heterocycles. The topological polar surface area (TPSA) is 66.9 Å². The van der Waals surface area contributed by atoms with Gasteiger partial charge in [-0.2, -0.15) is 0 Å². The molecule has 0 bridgehead atoms. The fourth-order valence-electron chi connectivity index (χ4n) is 3.81. The Morgan fingerprint density at radius 2 is 1.96 bits per heavy atom. The van der Waals surface area contributed by atoms with E-state index in [-0.39, 0.29) is 35.2 Å². The molecule has 28 heavy (non-hydrogen) atoms. The number of likely N-dealkylation sites (N-methyl/N-ethyl adjacent to an activating group) is 1. The number of benzene rings is 2. The van der Waals surface area contributed by atoms with Crippen LogP contribution in [0.4, 0.5) is 10.1 Å². The van der Waals surface area contributed by atoms with Crippen LogP contribution in [0.15, 0.2) is 42.5 Å². The van der Waals surface area contributed by atoms with Crippen molar-refractivity contribution in [3.8, 4) is 0 Å². The summed E-state index contributed by atoms with van der Waals surface area (Å²) in [6, 6.07) is 10.8. The van der Waals surface area contributed by atoms with E-state index in [1.807, 2.05) is 0 Å². The number of halogens is 2. The minimum Gasteiger partial charge on any atom is -0.457 e. The molecule has 0 spiro atoms. The van der Waals surface area contributed by atoms with Crippen LogP contribution in [0.3, 0.4) is 0 Å². The SMILES string of the molecule is CN1C(=O)c2ccccc2N2C(=O)CC[C@]12C(=O)OCc1c(F)cccc1Cl. The highest BCUT2D eigenvalue weighted by Gasteiger charge is 2.60. The van der Waals surface area contributed by atoms with Crippen molar-refractivity contribution in [1.29, 1.82) is 0 Å². The molecule has 0 N–H and O–H groups in total. The Hall–Kier alpha value is -2.93. The Kier molecular flexibility index (Phi) is 4.34. The summed E-state index contributed by atoms with van der Waals surface area (Å²) < 4.78 is 19.4. The largest absolute Gasteiger partial charge is 0.457 e. The summed E-state index contributed by atoms with van der Waals surface area (Å²) in [4.78, 5) is 41.1. The first-order valence-electron chi connectivity index (χ1n) is 8.68. The van der Waals surface area contributed by atoms with E-state index in [9.17, 15) is 18.8 Å². The second-order valence-electron chi connectivity index (χ2n) is 6.70. The van der Waals surface area contributed by atoms with Crippen molar-refractivity contribution in [3.63, 3.8) is 0 Å². The van der Waals surface area contributed by atoms with Gasteiger partial charge in [0, 0.05) is 25.5 Å². The second-order valence-corrected chi connectivity index (χ2v) is 7.11. The molecule has 2 amide bonds. The predicted octanol–water partition coefficient (Wildman–Crippen LogP) is 3.13. The summed E-state index contributed by atoms with van der Waals surface area (Å²) >= 11 is 5.99. The molecule has 2 aliphatic heterocycles. The number of nitrogens with zero attached hydrogens (tertiary/aromatic N) is 2. The van der Waals surface area contributed by atoms with Crippen molar-refractivity contribution in [3.05, 3.63) is 64.4 Å². The summed E-state index contributed by atoms with van der Waals surface area (Å²) in [6.45, 7) is -0.405. The lowest BCUT2D eigenvalue weighted by atomic mass is 9.97. The van der Waals surface area contributed by atoms with Crippen LogP contribution in [-0.2, 0) is 20.9 Å². The van der Waals surface area contributed by atoms with Gasteiger partial charge in [0.2, 0.25) is 11.6 Å². The third kappa shape index (κ3) is 2.50. The van der Waals surface area contributed by atoms with Crippen molar-refractivity contribution in [2.24, 2.45) is 0 Å². The molecule has 0 unspecified atom stereocenters. The summed E-state index contributed by atoms with van der Waals surface area (Å²) in [6.07, 6.45) is 0.174. The van der Waals surface area contributed by atoms with Gasteiger partial charge >= 0.3 is 5.97 Å². The van der Waals surface area contributed by atoms with E-state index in [0.717, 1.165) is 0 Å². The van der Waals surface area contributed by atoms with Crippen molar-refractivity contribution >= 4 is 35.1 Å². The second kappa shape index (κ2) is 6.60. The Bertz CT molecular complexity index is 991. The first kappa shape index (κ1) is 18.4. The van der Waals surface area contributed by atoms with Crippen LogP contribution in [0, 0.1) is 5.82 Å². The van der Waals surface area contributed by atoms with Gasteiger partial charge in [-0.1, -0.05) is 29.8 Å². The number of esters is 1. The zero-order chi connectivity index (χ0) is 20.1. The normalized spacial score (nSPS) is 20.8. The highest BCUT2D eigenvalue weighted by Crippen LogP contribution is 2.44. The zero-order valence-electron chi connectivity index (χ0n) is 14.9. The molecule has 144 valence electrons. The van der Waals surface area contributed by atoms with Crippen LogP contribution >= 0.6 is 11.6 Å². The number of para-hydroxylation sites is 1. The Morgan fingerprint density at radius 3 is 2.71 bits per heavy atom. The molecule has 8 heteroatoms. The maximum Gasteiger partial charge on any atom is 0.354 e. The van der Waals surface area contributed by atoms with E-state index in [0.29, 0.717) is 11.3 Å². The maximum atomic E-state index is 14.0. The highest BCUT2D eigenvalue weighted by atomic mass is 35.5. The molecule has 0 aliphatic carbocycles. The minimum absolute atomic E-state index is 0.0370. The number of anilines is 1. The smallest absolute Gasteiger partial charge is 0.354 e. The van der Waals surface area contributed by atoms with Crippen LogP contribution in [0.1, 0.15) is 28.8 Å². The van der Waals surface area contributed by atoms with Gasteiger partial charge in [-0.3, -0.25) is 14.5 Å². The molecule has 6 nitrogen and oxygen atoms in total. The van der Waals surface area contributed by atoms with Crippen molar-refractivity contribution in [1.82, 2.24) is 4.90 Å². The fourth-order valence-corrected chi connectivity index (χ4v) is 4.03. The van der Waals surface area contributed by atoms with E-state index in [2.05, 4.69) is 0 Å².